The highest BCUT2D eigenvalue weighted by molar-refractivity contribution is 7.13. The van der Waals surface area contributed by atoms with E-state index in [1.54, 1.807) is 16.2 Å². The van der Waals surface area contributed by atoms with Gasteiger partial charge in [0.2, 0.25) is 11.8 Å². The first-order valence-electron chi connectivity index (χ1n) is 13.0. The minimum Gasteiger partial charge on any atom is -0.350 e. The summed E-state index contributed by atoms with van der Waals surface area (Å²) < 4.78 is 14.3. The largest absolute Gasteiger partial charge is 0.350 e. The normalized spacial score (nSPS) is 19.4. The molecule has 37 heavy (non-hydrogen) atoms. The summed E-state index contributed by atoms with van der Waals surface area (Å²) in [6.07, 6.45) is 2.45. The predicted molar refractivity (Wildman–Crippen MR) is 143 cm³/mol. The minimum atomic E-state index is -1.86. The summed E-state index contributed by atoms with van der Waals surface area (Å²) in [4.78, 5) is 46.2. The molecule has 1 saturated heterocycles. The van der Waals surface area contributed by atoms with Gasteiger partial charge in [0.05, 0.1) is 16.1 Å². The summed E-state index contributed by atoms with van der Waals surface area (Å²) >= 11 is 1.61. The van der Waals surface area contributed by atoms with Crippen molar-refractivity contribution in [2.45, 2.75) is 91.0 Å². The summed E-state index contributed by atoms with van der Waals surface area (Å²) in [5.41, 5.74) is 3.66. The standard InChI is InChI=1S/C28H37FN4O3S/c1-6-18-14-19(22-17(2)31-16-37-22)9-10-20(18)15-30-24(34)21-8-7-13-33(21)25(35)23(27(3,4)5)32-26(36)28(29)11-12-28/h9-10,14,16,21,23H,6-8,11-13,15H2,1-5H3,(H,30,34)(H,32,36). The van der Waals surface area contributed by atoms with Crippen LogP contribution >= 0.6 is 11.3 Å². The van der Waals surface area contributed by atoms with E-state index >= 15 is 0 Å². The van der Waals surface area contributed by atoms with Gasteiger partial charge in [0, 0.05) is 13.1 Å². The molecule has 1 aromatic carbocycles. The fourth-order valence-corrected chi connectivity index (χ4v) is 5.67. The molecule has 9 heteroatoms. The van der Waals surface area contributed by atoms with E-state index in [1.165, 1.54) is 0 Å². The third-order valence-corrected chi connectivity index (χ3v) is 8.35. The fourth-order valence-electron chi connectivity index (χ4n) is 4.86. The van der Waals surface area contributed by atoms with Gasteiger partial charge in [-0.15, -0.1) is 11.3 Å². The van der Waals surface area contributed by atoms with Gasteiger partial charge in [-0.1, -0.05) is 39.8 Å². The van der Waals surface area contributed by atoms with Crippen molar-refractivity contribution < 1.29 is 18.8 Å². The van der Waals surface area contributed by atoms with Crippen LogP contribution in [0.5, 0.6) is 0 Å². The van der Waals surface area contributed by atoms with E-state index in [4.69, 9.17) is 0 Å². The first-order chi connectivity index (χ1) is 17.4. The van der Waals surface area contributed by atoms with Crippen molar-refractivity contribution in [3.05, 3.63) is 40.5 Å². The lowest BCUT2D eigenvalue weighted by atomic mass is 9.85. The molecule has 1 aliphatic heterocycles. The van der Waals surface area contributed by atoms with Gasteiger partial charge in [-0.25, -0.2) is 9.37 Å². The van der Waals surface area contributed by atoms with Gasteiger partial charge in [0.15, 0.2) is 5.67 Å². The van der Waals surface area contributed by atoms with Crippen LogP contribution in [0, 0.1) is 12.3 Å². The number of halogens is 1. The highest BCUT2D eigenvalue weighted by Crippen LogP contribution is 2.40. The Labute approximate surface area is 222 Å². The Morgan fingerprint density at radius 3 is 2.57 bits per heavy atom. The number of carbonyl (C=O) groups is 3. The van der Waals surface area contributed by atoms with E-state index in [9.17, 15) is 18.8 Å². The number of carbonyl (C=O) groups excluding carboxylic acids is 3. The lowest BCUT2D eigenvalue weighted by molar-refractivity contribution is -0.144. The zero-order valence-corrected chi connectivity index (χ0v) is 23.1. The van der Waals surface area contributed by atoms with Crippen LogP contribution in [0.1, 0.15) is 70.2 Å². The molecule has 0 radical (unpaired) electrons. The average molecular weight is 529 g/mol. The van der Waals surface area contributed by atoms with Gasteiger partial charge >= 0.3 is 0 Å². The molecule has 2 aliphatic rings. The Morgan fingerprint density at radius 1 is 1.24 bits per heavy atom. The SMILES string of the molecule is CCc1cc(-c2scnc2C)ccc1CNC(=O)C1CCCN1C(=O)C(NC(=O)C1(F)CC1)C(C)(C)C. The number of hydrogen-bond acceptors (Lipinski definition) is 5. The number of nitrogens with zero attached hydrogens (tertiary/aromatic N) is 2. The summed E-state index contributed by atoms with van der Waals surface area (Å²) in [6, 6.07) is 4.73. The first-order valence-corrected chi connectivity index (χ1v) is 13.9. The summed E-state index contributed by atoms with van der Waals surface area (Å²) in [5, 5.41) is 5.68. The molecule has 0 bridgehead atoms. The molecule has 3 amide bonds. The van der Waals surface area contributed by atoms with Crippen molar-refractivity contribution in [2.24, 2.45) is 5.41 Å². The van der Waals surface area contributed by atoms with Crippen LogP contribution in [-0.4, -0.2) is 51.9 Å². The predicted octanol–water partition coefficient (Wildman–Crippen LogP) is 4.32. The van der Waals surface area contributed by atoms with Crippen LogP contribution in [0.3, 0.4) is 0 Å². The van der Waals surface area contributed by atoms with E-state index in [0.29, 0.717) is 25.9 Å². The number of nitrogens with one attached hydrogen (secondary N) is 2. The third-order valence-electron chi connectivity index (χ3n) is 7.37. The van der Waals surface area contributed by atoms with Crippen LogP contribution in [0.2, 0.25) is 0 Å². The van der Waals surface area contributed by atoms with E-state index in [2.05, 4.69) is 34.7 Å². The highest BCUT2D eigenvalue weighted by atomic mass is 32.1. The van der Waals surface area contributed by atoms with Crippen LogP contribution in [0.4, 0.5) is 4.39 Å². The minimum absolute atomic E-state index is 0.184. The van der Waals surface area contributed by atoms with Gasteiger partial charge in [-0.2, -0.15) is 0 Å². The summed E-state index contributed by atoms with van der Waals surface area (Å²) in [6.45, 7) is 10.4. The number of thiazole rings is 1. The third kappa shape index (κ3) is 5.87. The molecule has 1 aromatic heterocycles. The zero-order chi connectivity index (χ0) is 27.0. The molecular formula is C28H37FN4O3S. The van der Waals surface area contributed by atoms with E-state index in [-0.39, 0.29) is 24.7 Å². The lowest BCUT2D eigenvalue weighted by Gasteiger charge is -2.35. The van der Waals surface area contributed by atoms with Crippen LogP contribution in [-0.2, 0) is 27.3 Å². The lowest BCUT2D eigenvalue weighted by Crippen LogP contribution is -2.58. The molecule has 0 spiro atoms. The molecule has 2 fully saturated rings. The van der Waals surface area contributed by atoms with Gasteiger partial charge in [0.25, 0.3) is 5.91 Å². The maximum atomic E-state index is 14.3. The Morgan fingerprint density at radius 2 is 1.97 bits per heavy atom. The second-order valence-corrected chi connectivity index (χ2v) is 12.1. The molecular weight excluding hydrogens is 491 g/mol. The number of amides is 3. The van der Waals surface area contributed by atoms with Gasteiger partial charge in [-0.05, 0) is 67.2 Å². The second-order valence-electron chi connectivity index (χ2n) is 11.2. The monoisotopic (exact) mass is 528 g/mol. The molecule has 1 aliphatic carbocycles. The van der Waals surface area contributed by atoms with Crippen LogP contribution in [0.25, 0.3) is 10.4 Å². The molecule has 2 unspecified atom stereocenters. The van der Waals surface area contributed by atoms with Crippen molar-refractivity contribution in [3.8, 4) is 10.4 Å². The van der Waals surface area contributed by atoms with Gasteiger partial charge in [-0.3, -0.25) is 14.4 Å². The second kappa shape index (κ2) is 10.5. The number of aryl methyl sites for hydroxylation is 2. The quantitative estimate of drug-likeness (QED) is 0.534. The molecule has 2 N–H and O–H groups in total. The van der Waals surface area contributed by atoms with E-state index in [1.807, 2.05) is 39.3 Å². The topological polar surface area (TPSA) is 91.4 Å². The number of alkyl halides is 1. The molecule has 4 rings (SSSR count). The Balaban J connectivity index is 1.44. The number of hydrogen-bond donors (Lipinski definition) is 2. The molecule has 7 nitrogen and oxygen atoms in total. The van der Waals surface area contributed by atoms with Crippen molar-refractivity contribution in [1.82, 2.24) is 20.5 Å². The fraction of sp³-hybridized carbons (Fsp3) is 0.571. The van der Waals surface area contributed by atoms with Crippen LogP contribution < -0.4 is 10.6 Å². The highest BCUT2D eigenvalue weighted by Gasteiger charge is 2.53. The molecule has 200 valence electrons. The van der Waals surface area contributed by atoms with Crippen LogP contribution in [0.15, 0.2) is 23.7 Å². The average Bonchev–Trinajstić information content (AvgIpc) is 3.22. The van der Waals surface area contributed by atoms with Crippen molar-refractivity contribution in [2.75, 3.05) is 6.54 Å². The number of aromatic nitrogens is 1. The maximum absolute atomic E-state index is 14.3. The van der Waals surface area contributed by atoms with Crippen molar-refractivity contribution in [3.63, 3.8) is 0 Å². The molecule has 2 atom stereocenters. The van der Waals surface area contributed by atoms with Gasteiger partial charge < -0.3 is 15.5 Å². The Kier molecular flexibility index (Phi) is 7.74. The van der Waals surface area contributed by atoms with Gasteiger partial charge in [0.1, 0.15) is 12.1 Å². The maximum Gasteiger partial charge on any atom is 0.258 e. The molecule has 1 saturated carbocycles. The van der Waals surface area contributed by atoms with E-state index in [0.717, 1.165) is 33.7 Å². The summed E-state index contributed by atoms with van der Waals surface area (Å²) in [7, 11) is 0. The number of rotatable bonds is 8. The Bertz CT molecular complexity index is 1180. The number of likely N-dealkylation sites (tertiary alicyclic amines) is 1. The van der Waals surface area contributed by atoms with E-state index < -0.39 is 29.1 Å². The number of benzene rings is 1. The Hall–Kier alpha value is -2.81. The van der Waals surface area contributed by atoms with Crippen molar-refractivity contribution >= 4 is 29.1 Å². The summed E-state index contributed by atoms with van der Waals surface area (Å²) in [5.74, 6) is -1.27. The first kappa shape index (κ1) is 27.2. The molecule has 2 aromatic rings. The smallest absolute Gasteiger partial charge is 0.258 e. The van der Waals surface area contributed by atoms with Crippen molar-refractivity contribution in [1.29, 1.82) is 0 Å². The molecule has 2 heterocycles. The zero-order valence-electron chi connectivity index (χ0n) is 22.3.